The molecule has 0 fully saturated rings. The Morgan fingerprint density at radius 1 is 0.737 bits per heavy atom. The van der Waals surface area contributed by atoms with E-state index in [0.29, 0.717) is 0 Å². The fraction of sp³-hybridized carbons (Fsp3) is 0.308. The second-order valence-corrected chi connectivity index (χ2v) is 3.19. The van der Waals surface area contributed by atoms with E-state index in [9.17, 15) is 14.4 Å². The van der Waals surface area contributed by atoms with Gasteiger partial charge in [0.25, 0.3) is 5.92 Å². The Morgan fingerprint density at radius 2 is 1.00 bits per heavy atom. The van der Waals surface area contributed by atoms with Crippen LogP contribution in [0.25, 0.3) is 0 Å². The molecule has 0 aromatic heterocycles. The molecule has 0 spiro atoms. The van der Waals surface area contributed by atoms with E-state index in [1.165, 1.54) is 18.2 Å². The molecule has 0 aliphatic heterocycles. The van der Waals surface area contributed by atoms with Gasteiger partial charge in [-0.3, -0.25) is 14.4 Å². The Kier molecular flexibility index (Phi) is 8.44. The first-order valence-electron chi connectivity index (χ1n) is 5.41. The highest BCUT2D eigenvalue weighted by Crippen LogP contribution is 2.07. The number of hydrogen-bond donors (Lipinski definition) is 0. The smallest absolute Gasteiger partial charge is 0.332 e. The van der Waals surface area contributed by atoms with E-state index in [2.05, 4.69) is 33.9 Å². The van der Waals surface area contributed by atoms with Crippen LogP contribution >= 0.6 is 0 Å². The monoisotopic (exact) mass is 268 g/mol. The summed E-state index contributed by atoms with van der Waals surface area (Å²) in [4.78, 5) is 34.8. The van der Waals surface area contributed by atoms with Crippen LogP contribution in [0.15, 0.2) is 38.0 Å². The van der Waals surface area contributed by atoms with Crippen molar-refractivity contribution >= 4 is 17.9 Å². The maximum absolute atomic E-state index is 11.6. The summed E-state index contributed by atoms with van der Waals surface area (Å²) in [6.45, 7) is 9.66. The average Bonchev–Trinajstić information content (AvgIpc) is 2.40. The zero-order chi connectivity index (χ0) is 14.7. The molecule has 0 aromatic carbocycles. The van der Waals surface area contributed by atoms with E-state index < -0.39 is 23.8 Å². The van der Waals surface area contributed by atoms with Gasteiger partial charge in [-0.15, -0.1) is 0 Å². The summed E-state index contributed by atoms with van der Waals surface area (Å²) < 4.78 is 13.9. The van der Waals surface area contributed by atoms with Crippen molar-refractivity contribution in [3.63, 3.8) is 0 Å². The molecule has 0 amide bonds. The molecule has 104 valence electrons. The van der Waals surface area contributed by atoms with Gasteiger partial charge in [0.2, 0.25) is 0 Å². The van der Waals surface area contributed by atoms with Gasteiger partial charge >= 0.3 is 17.9 Å². The minimum Gasteiger partial charge on any atom is -0.460 e. The first-order chi connectivity index (χ1) is 9.08. The van der Waals surface area contributed by atoms with E-state index in [1.807, 2.05) is 0 Å². The molecule has 0 saturated heterocycles. The molecule has 0 heterocycles. The maximum atomic E-state index is 11.6. The lowest BCUT2D eigenvalue weighted by atomic mass is 10.1. The van der Waals surface area contributed by atoms with Gasteiger partial charge in [-0.05, 0) is 0 Å². The van der Waals surface area contributed by atoms with E-state index in [4.69, 9.17) is 0 Å². The van der Waals surface area contributed by atoms with Gasteiger partial charge in [0, 0.05) is 0 Å². The van der Waals surface area contributed by atoms with Crippen LogP contribution in [0.1, 0.15) is 0 Å². The maximum Gasteiger partial charge on any atom is 0.332 e. The number of esters is 3. The van der Waals surface area contributed by atoms with Crippen molar-refractivity contribution in [2.24, 2.45) is 5.92 Å². The Morgan fingerprint density at radius 3 is 1.21 bits per heavy atom. The lowest BCUT2D eigenvalue weighted by Gasteiger charge is -2.13. The zero-order valence-corrected chi connectivity index (χ0v) is 10.5. The van der Waals surface area contributed by atoms with Gasteiger partial charge in [-0.2, -0.15) is 0 Å². The Bertz CT molecular complexity index is 314. The number of hydrogen-bond acceptors (Lipinski definition) is 6. The van der Waals surface area contributed by atoms with Gasteiger partial charge in [-0.1, -0.05) is 38.0 Å². The summed E-state index contributed by atoms with van der Waals surface area (Å²) in [7, 11) is 0. The van der Waals surface area contributed by atoms with Crippen LogP contribution in [0, 0.1) is 5.92 Å². The molecule has 19 heavy (non-hydrogen) atoms. The summed E-state index contributed by atoms with van der Waals surface area (Å²) in [6, 6.07) is 0. The molecule has 0 saturated carbocycles. The Hall–Kier alpha value is -2.37. The van der Waals surface area contributed by atoms with Gasteiger partial charge in [-0.25, -0.2) is 0 Å². The second-order valence-electron chi connectivity index (χ2n) is 3.19. The Labute approximate surface area is 111 Å². The predicted molar refractivity (Wildman–Crippen MR) is 67.0 cm³/mol. The minimum absolute atomic E-state index is 0.126. The topological polar surface area (TPSA) is 78.9 Å². The standard InChI is InChI=1S/C13H16O6/c1-4-7-17-11(14)10(12(15)18-8-5-2)13(16)19-9-6-3/h4-6,10H,1-3,7-9H2. The van der Waals surface area contributed by atoms with E-state index in [-0.39, 0.29) is 19.8 Å². The van der Waals surface area contributed by atoms with Crippen molar-refractivity contribution in [2.45, 2.75) is 0 Å². The minimum atomic E-state index is -1.78. The molecule has 6 heteroatoms. The van der Waals surface area contributed by atoms with Crippen molar-refractivity contribution in [1.29, 1.82) is 0 Å². The van der Waals surface area contributed by atoms with Crippen LogP contribution in [0.3, 0.4) is 0 Å². The summed E-state index contributed by atoms with van der Waals surface area (Å²) >= 11 is 0. The van der Waals surface area contributed by atoms with Gasteiger partial charge in [0.1, 0.15) is 19.8 Å². The third-order valence-electron chi connectivity index (χ3n) is 1.74. The molecule has 0 rings (SSSR count). The molecular weight excluding hydrogens is 252 g/mol. The molecule has 0 aliphatic rings. The highest BCUT2D eigenvalue weighted by Gasteiger charge is 2.38. The number of carbonyl (C=O) groups excluding carboxylic acids is 3. The quantitative estimate of drug-likeness (QED) is 0.266. The van der Waals surface area contributed by atoms with Crippen LogP contribution in [-0.2, 0) is 28.6 Å². The molecule has 0 unspecified atom stereocenters. The fourth-order valence-corrected chi connectivity index (χ4v) is 0.962. The summed E-state index contributed by atoms with van der Waals surface area (Å²) in [5.74, 6) is -4.94. The summed E-state index contributed by atoms with van der Waals surface area (Å²) in [5.41, 5.74) is 0. The molecule has 0 N–H and O–H groups in total. The van der Waals surface area contributed by atoms with Crippen molar-refractivity contribution in [3.8, 4) is 0 Å². The second kappa shape index (κ2) is 9.64. The average molecular weight is 268 g/mol. The van der Waals surface area contributed by atoms with Crippen molar-refractivity contribution in [2.75, 3.05) is 19.8 Å². The first-order valence-corrected chi connectivity index (χ1v) is 5.41. The van der Waals surface area contributed by atoms with Crippen molar-refractivity contribution in [1.82, 2.24) is 0 Å². The van der Waals surface area contributed by atoms with Gasteiger partial charge < -0.3 is 14.2 Å². The SMILES string of the molecule is C=CCOC(=O)C(C(=O)OCC=C)C(=O)OCC=C. The highest BCUT2D eigenvalue weighted by molar-refractivity contribution is 6.12. The summed E-state index contributed by atoms with van der Waals surface area (Å²) in [5, 5.41) is 0. The van der Waals surface area contributed by atoms with E-state index in [1.54, 1.807) is 0 Å². The van der Waals surface area contributed by atoms with Crippen molar-refractivity contribution < 1.29 is 28.6 Å². The van der Waals surface area contributed by atoms with Crippen LogP contribution in [0.2, 0.25) is 0 Å². The van der Waals surface area contributed by atoms with Gasteiger partial charge in [0.15, 0.2) is 0 Å². The van der Waals surface area contributed by atoms with Crippen molar-refractivity contribution in [3.05, 3.63) is 38.0 Å². The fourth-order valence-electron chi connectivity index (χ4n) is 0.962. The van der Waals surface area contributed by atoms with Crippen LogP contribution in [0.5, 0.6) is 0 Å². The lowest BCUT2D eigenvalue weighted by Crippen LogP contribution is -2.36. The molecule has 0 radical (unpaired) electrons. The number of rotatable bonds is 9. The van der Waals surface area contributed by atoms with Gasteiger partial charge in [0.05, 0.1) is 0 Å². The van der Waals surface area contributed by atoms with E-state index >= 15 is 0 Å². The molecule has 0 aromatic rings. The lowest BCUT2D eigenvalue weighted by molar-refractivity contribution is -0.170. The first kappa shape index (κ1) is 16.6. The Balaban J connectivity index is 4.79. The van der Waals surface area contributed by atoms with E-state index in [0.717, 1.165) is 0 Å². The molecule has 0 aliphatic carbocycles. The normalized spacial score (nSPS) is 9.32. The number of ether oxygens (including phenoxy) is 3. The largest absolute Gasteiger partial charge is 0.460 e. The molecule has 6 nitrogen and oxygen atoms in total. The molecule has 0 bridgehead atoms. The summed E-state index contributed by atoms with van der Waals surface area (Å²) in [6.07, 6.45) is 3.91. The van der Waals surface area contributed by atoms with Crippen LogP contribution < -0.4 is 0 Å². The molecule has 0 atom stereocenters. The third-order valence-corrected chi connectivity index (χ3v) is 1.74. The zero-order valence-electron chi connectivity index (χ0n) is 10.5. The highest BCUT2D eigenvalue weighted by atomic mass is 16.6. The van der Waals surface area contributed by atoms with Crippen LogP contribution in [0.4, 0.5) is 0 Å². The molecular formula is C13H16O6. The van der Waals surface area contributed by atoms with Crippen LogP contribution in [-0.4, -0.2) is 37.7 Å². The third kappa shape index (κ3) is 6.21. The predicted octanol–water partition coefficient (Wildman–Crippen LogP) is 0.790. The number of carbonyl (C=O) groups is 3.